The average Bonchev–Trinajstić information content (AvgIpc) is 3.62. The first-order chi connectivity index (χ1) is 20.7. The van der Waals surface area contributed by atoms with Crippen LogP contribution in [0.5, 0.6) is 0 Å². The maximum Gasteiger partial charge on any atom is -0.0126 e. The molecule has 0 heterocycles. The molecule has 0 bridgehead atoms. The van der Waals surface area contributed by atoms with Gasteiger partial charge in [0.1, 0.15) is 0 Å². The van der Waals surface area contributed by atoms with E-state index in [0.29, 0.717) is 0 Å². The summed E-state index contributed by atoms with van der Waals surface area (Å²) in [6.07, 6.45) is 0.942. The van der Waals surface area contributed by atoms with Crippen LogP contribution in [-0.4, -0.2) is 3.21 Å². The Bertz CT molecular complexity index is 1610. The first-order valence-electron chi connectivity index (χ1n) is 15.8. The second-order valence-electron chi connectivity index (χ2n) is 14.3. The topological polar surface area (TPSA) is 0 Å². The Balaban J connectivity index is 0.000000586. The number of fused-ring (bicyclic) bond motifs is 3. The fraction of sp³-hybridized carbons (Fsp3) is 0.302. The van der Waals surface area contributed by atoms with Crippen molar-refractivity contribution in [2.75, 3.05) is 0 Å². The molecule has 0 fully saturated rings. The van der Waals surface area contributed by atoms with Crippen molar-refractivity contribution in [2.24, 2.45) is 0 Å². The molecule has 46 heavy (non-hydrogen) atoms. The number of halogens is 2. The van der Waals surface area contributed by atoms with Gasteiger partial charge in [-0.25, -0.2) is 12.1 Å². The van der Waals surface area contributed by atoms with E-state index in [-0.39, 0.29) is 35.6 Å². The summed E-state index contributed by atoms with van der Waals surface area (Å²) in [7, 11) is 0. The third-order valence-corrected chi connectivity index (χ3v) is 8.08. The molecule has 5 aromatic rings. The van der Waals surface area contributed by atoms with Crippen molar-refractivity contribution < 1.29 is 49.0 Å². The van der Waals surface area contributed by atoms with Crippen molar-refractivity contribution in [1.29, 1.82) is 0 Å². The summed E-state index contributed by atoms with van der Waals surface area (Å²) >= 11 is 1.55. The SMILES string of the molecule is C[C](C)=[Zr+2].Cc1ccccc1-c1[c-]c2c(cc1C(C)(C)C)-c1cc(C(C)(C)C)c(-c3ccccc3C)cc1C2.[Cl-].[Cl-].c1cc[cH-]c1. The summed E-state index contributed by atoms with van der Waals surface area (Å²) in [6, 6.07) is 38.9. The fourth-order valence-corrected chi connectivity index (χ4v) is 5.90. The van der Waals surface area contributed by atoms with Gasteiger partial charge in [-0.15, -0.1) is 28.8 Å². The molecule has 0 N–H and O–H groups in total. The zero-order valence-electron chi connectivity index (χ0n) is 29.2. The third kappa shape index (κ3) is 9.56. The predicted octanol–water partition coefficient (Wildman–Crippen LogP) is 5.76. The molecule has 6 rings (SSSR count). The van der Waals surface area contributed by atoms with Gasteiger partial charge >= 0.3 is 41.3 Å². The Hall–Kier alpha value is -2.44. The number of hydrogen-bond donors (Lipinski definition) is 0. The van der Waals surface area contributed by atoms with Gasteiger partial charge in [0.05, 0.1) is 0 Å². The minimum atomic E-state index is 0. The van der Waals surface area contributed by atoms with E-state index in [1.165, 1.54) is 70.0 Å². The van der Waals surface area contributed by atoms with Crippen LogP contribution < -0.4 is 24.8 Å². The molecular formula is C43H48Cl2Zr-2. The van der Waals surface area contributed by atoms with Gasteiger partial charge in [0, 0.05) is 0 Å². The van der Waals surface area contributed by atoms with E-state index in [4.69, 9.17) is 0 Å². The van der Waals surface area contributed by atoms with Crippen molar-refractivity contribution in [3.63, 3.8) is 0 Å². The molecule has 0 saturated heterocycles. The molecule has 0 nitrogen and oxygen atoms in total. The van der Waals surface area contributed by atoms with Crippen molar-refractivity contribution in [1.82, 2.24) is 0 Å². The van der Waals surface area contributed by atoms with Crippen LogP contribution in [0.4, 0.5) is 0 Å². The molecule has 5 aromatic carbocycles. The Labute approximate surface area is 306 Å². The van der Waals surface area contributed by atoms with E-state index in [9.17, 15) is 0 Å². The molecule has 0 atom stereocenters. The molecule has 1 aliphatic rings. The van der Waals surface area contributed by atoms with Gasteiger partial charge in [-0.3, -0.25) is 0 Å². The fourth-order valence-electron chi connectivity index (χ4n) is 5.90. The molecular weight excluding hydrogens is 679 g/mol. The van der Waals surface area contributed by atoms with Crippen molar-refractivity contribution in [2.45, 2.75) is 86.5 Å². The smallest absolute Gasteiger partial charge is 0.0126 e. The molecule has 240 valence electrons. The summed E-state index contributed by atoms with van der Waals surface area (Å²) in [5, 5.41) is 0. The van der Waals surface area contributed by atoms with Gasteiger partial charge in [0.15, 0.2) is 0 Å². The monoisotopic (exact) mass is 724 g/mol. The standard InChI is InChI=1S/C35H37.C5H5.C3H6.2ClH.Zr/c1-22-13-9-11-15-26(22)30-18-24-17-25-19-31(27-16-12-10-14-23(27)2)33(35(6,7)8)21-29(25)28(24)20-32(30)34(3,4)5;1-2-4-5-3-1;1-3-2;;;/h9-16,18,20-21H,17H2,1-8H3;1-5H;1-2H3;2*1H;/q2*-1;;;;+2/p-2. The van der Waals surface area contributed by atoms with Gasteiger partial charge < -0.3 is 24.8 Å². The zero-order chi connectivity index (χ0) is 32.2. The van der Waals surface area contributed by atoms with Gasteiger partial charge in [-0.05, 0) is 58.9 Å². The minimum Gasteiger partial charge on any atom is -1.00 e. The van der Waals surface area contributed by atoms with E-state index in [0.717, 1.165) is 6.42 Å². The van der Waals surface area contributed by atoms with Crippen LogP contribution in [0.15, 0.2) is 97.1 Å². The normalized spacial score (nSPS) is 11.4. The Kier molecular flexibility index (Phi) is 14.3. The molecule has 0 spiro atoms. The van der Waals surface area contributed by atoms with E-state index >= 15 is 0 Å². The van der Waals surface area contributed by atoms with E-state index < -0.39 is 0 Å². The molecule has 0 amide bonds. The van der Waals surface area contributed by atoms with Gasteiger partial charge in [0.25, 0.3) is 0 Å². The predicted molar refractivity (Wildman–Crippen MR) is 190 cm³/mol. The van der Waals surface area contributed by atoms with Crippen molar-refractivity contribution in [3.05, 3.63) is 137 Å². The average molecular weight is 727 g/mol. The van der Waals surface area contributed by atoms with E-state index in [1.807, 2.05) is 30.3 Å². The molecule has 0 saturated carbocycles. The Morgan fingerprint density at radius 3 is 1.57 bits per heavy atom. The second kappa shape index (κ2) is 16.6. The van der Waals surface area contributed by atoms with Crippen LogP contribution in [0.25, 0.3) is 33.4 Å². The molecule has 3 heteroatoms. The Morgan fingerprint density at radius 1 is 0.630 bits per heavy atom. The van der Waals surface area contributed by atoms with Crippen LogP contribution in [0.2, 0.25) is 0 Å². The van der Waals surface area contributed by atoms with Crippen LogP contribution in [0.3, 0.4) is 0 Å². The summed E-state index contributed by atoms with van der Waals surface area (Å²) < 4.78 is 1.51. The quantitative estimate of drug-likeness (QED) is 0.199. The number of hydrogen-bond acceptors (Lipinski definition) is 0. The molecule has 0 aromatic heterocycles. The third-order valence-electron chi connectivity index (χ3n) is 8.08. The van der Waals surface area contributed by atoms with Crippen LogP contribution in [0, 0.1) is 19.9 Å². The maximum atomic E-state index is 3.93. The molecule has 0 aliphatic heterocycles. The summed E-state index contributed by atoms with van der Waals surface area (Å²) in [6.45, 7) is 22.6. The van der Waals surface area contributed by atoms with Crippen LogP contribution in [0.1, 0.15) is 88.8 Å². The summed E-state index contributed by atoms with van der Waals surface area (Å²) in [5.41, 5.74) is 16.3. The molecule has 0 radical (unpaired) electrons. The van der Waals surface area contributed by atoms with Crippen molar-refractivity contribution >= 4 is 3.21 Å². The summed E-state index contributed by atoms with van der Waals surface area (Å²) in [5.74, 6) is 0. The number of rotatable bonds is 2. The minimum absolute atomic E-state index is 0. The van der Waals surface area contributed by atoms with Gasteiger partial charge in [0.2, 0.25) is 0 Å². The number of aryl methyl sites for hydroxylation is 2. The van der Waals surface area contributed by atoms with Gasteiger partial charge in [-0.2, -0.15) is 18.2 Å². The Morgan fingerprint density at radius 2 is 1.11 bits per heavy atom. The largest absolute Gasteiger partial charge is 1.00 e. The molecule has 1 aliphatic carbocycles. The zero-order valence-corrected chi connectivity index (χ0v) is 33.2. The first kappa shape index (κ1) is 39.7. The maximum absolute atomic E-state index is 3.93. The van der Waals surface area contributed by atoms with Crippen LogP contribution in [-0.2, 0) is 41.5 Å². The van der Waals surface area contributed by atoms with Gasteiger partial charge in [-0.1, -0.05) is 124 Å². The van der Waals surface area contributed by atoms with Crippen molar-refractivity contribution in [3.8, 4) is 33.4 Å². The molecule has 0 unspecified atom stereocenters. The number of benzene rings is 4. The second-order valence-corrected chi connectivity index (χ2v) is 16.7. The van der Waals surface area contributed by atoms with E-state index in [1.54, 1.807) is 24.2 Å². The van der Waals surface area contributed by atoms with Crippen LogP contribution >= 0.6 is 0 Å². The first-order valence-corrected chi connectivity index (χ1v) is 17.0. The summed E-state index contributed by atoms with van der Waals surface area (Å²) in [4.78, 5) is 0. The van der Waals surface area contributed by atoms with E-state index in [2.05, 4.69) is 142 Å².